The molecule has 0 spiro atoms. The standard InChI is InChI=1S/C27H33NO6/c1-4-5-6-15-34-22-12-10-19(11-13-22)25(30)23-24(20-8-7-9-21(29)17-20)28(27(32)26(23)31)14-16-33-18(2)3/h7-13,17-18,24,29-30H,4-6,14-16H2,1-3H3/b25-23-. The minimum Gasteiger partial charge on any atom is -0.508 e. The highest BCUT2D eigenvalue weighted by Crippen LogP contribution is 2.40. The van der Waals surface area contributed by atoms with Crippen molar-refractivity contribution in [2.24, 2.45) is 0 Å². The van der Waals surface area contributed by atoms with Gasteiger partial charge in [0.2, 0.25) is 0 Å². The molecule has 0 radical (unpaired) electrons. The SMILES string of the molecule is CCCCCOc1ccc(/C(O)=C2/C(=O)C(=O)N(CCOC(C)C)C2c2cccc(O)c2)cc1. The fourth-order valence-corrected chi connectivity index (χ4v) is 3.95. The van der Waals surface area contributed by atoms with Crippen LogP contribution in [0, 0.1) is 0 Å². The second kappa shape index (κ2) is 11.7. The van der Waals surface area contributed by atoms with E-state index in [0.29, 0.717) is 23.5 Å². The van der Waals surface area contributed by atoms with E-state index in [2.05, 4.69) is 6.92 Å². The van der Waals surface area contributed by atoms with Crippen molar-refractivity contribution in [3.05, 3.63) is 65.2 Å². The van der Waals surface area contributed by atoms with Gasteiger partial charge >= 0.3 is 0 Å². The summed E-state index contributed by atoms with van der Waals surface area (Å²) in [6.45, 7) is 6.92. The predicted molar refractivity (Wildman–Crippen MR) is 130 cm³/mol. The van der Waals surface area contributed by atoms with Crippen LogP contribution in [0.4, 0.5) is 0 Å². The third-order valence-electron chi connectivity index (χ3n) is 5.65. The molecule has 1 unspecified atom stereocenters. The molecule has 2 N–H and O–H groups in total. The molecule has 1 aliphatic rings. The molecule has 1 atom stereocenters. The molecule has 2 aromatic carbocycles. The molecule has 1 amide bonds. The number of hydrogen-bond acceptors (Lipinski definition) is 6. The number of Topliss-reactive ketones (excluding diaryl/α,β-unsaturated/α-hetero) is 1. The van der Waals surface area contributed by atoms with E-state index in [-0.39, 0.29) is 36.3 Å². The molecule has 7 nitrogen and oxygen atoms in total. The highest BCUT2D eigenvalue weighted by molar-refractivity contribution is 6.46. The average molecular weight is 468 g/mol. The van der Waals surface area contributed by atoms with E-state index in [1.807, 2.05) is 13.8 Å². The number of amides is 1. The maximum atomic E-state index is 13.0. The van der Waals surface area contributed by atoms with Crippen LogP contribution in [0.25, 0.3) is 5.76 Å². The van der Waals surface area contributed by atoms with Gasteiger partial charge in [-0.05, 0) is 62.2 Å². The van der Waals surface area contributed by atoms with Gasteiger partial charge in [-0.3, -0.25) is 9.59 Å². The second-order valence-corrected chi connectivity index (χ2v) is 8.59. The Kier molecular flexibility index (Phi) is 8.71. The molecule has 3 rings (SSSR count). The molecule has 7 heteroatoms. The van der Waals surface area contributed by atoms with Gasteiger partial charge in [0, 0.05) is 12.1 Å². The molecule has 1 aliphatic heterocycles. The lowest BCUT2D eigenvalue weighted by Crippen LogP contribution is -2.33. The van der Waals surface area contributed by atoms with Crippen molar-refractivity contribution in [3.63, 3.8) is 0 Å². The quantitative estimate of drug-likeness (QED) is 0.213. The minimum absolute atomic E-state index is 0.00564. The van der Waals surface area contributed by atoms with E-state index in [0.717, 1.165) is 19.3 Å². The predicted octanol–water partition coefficient (Wildman–Crippen LogP) is 4.81. The molecule has 2 aromatic rings. The Morgan fingerprint density at radius 1 is 1.06 bits per heavy atom. The van der Waals surface area contributed by atoms with E-state index >= 15 is 0 Å². The number of ether oxygens (including phenoxy) is 2. The fraction of sp³-hybridized carbons (Fsp3) is 0.407. The first-order valence-corrected chi connectivity index (χ1v) is 11.8. The molecule has 0 aromatic heterocycles. The van der Waals surface area contributed by atoms with E-state index < -0.39 is 17.7 Å². The number of rotatable bonds is 11. The van der Waals surface area contributed by atoms with Gasteiger partial charge in [-0.15, -0.1) is 0 Å². The molecule has 1 heterocycles. The zero-order chi connectivity index (χ0) is 24.7. The van der Waals surface area contributed by atoms with Crippen LogP contribution in [0.3, 0.4) is 0 Å². The van der Waals surface area contributed by atoms with Crippen LogP contribution >= 0.6 is 0 Å². The van der Waals surface area contributed by atoms with Crippen molar-refractivity contribution in [2.75, 3.05) is 19.8 Å². The molecule has 0 bridgehead atoms. The number of phenols is 1. The Morgan fingerprint density at radius 3 is 2.44 bits per heavy atom. The molecule has 0 saturated carbocycles. The van der Waals surface area contributed by atoms with Gasteiger partial charge in [-0.1, -0.05) is 31.9 Å². The average Bonchev–Trinajstić information content (AvgIpc) is 3.06. The summed E-state index contributed by atoms with van der Waals surface area (Å²) >= 11 is 0. The summed E-state index contributed by atoms with van der Waals surface area (Å²) in [5.74, 6) is -1.07. The van der Waals surface area contributed by atoms with Gasteiger partial charge in [0.15, 0.2) is 0 Å². The van der Waals surface area contributed by atoms with Crippen molar-refractivity contribution in [2.45, 2.75) is 52.2 Å². The number of aliphatic hydroxyl groups excluding tert-OH is 1. The minimum atomic E-state index is -0.840. The molecular formula is C27H33NO6. The third kappa shape index (κ3) is 5.97. The van der Waals surface area contributed by atoms with Gasteiger partial charge in [0.25, 0.3) is 11.7 Å². The van der Waals surface area contributed by atoms with Gasteiger partial charge < -0.3 is 24.6 Å². The smallest absolute Gasteiger partial charge is 0.295 e. The van der Waals surface area contributed by atoms with Gasteiger partial charge in [-0.25, -0.2) is 0 Å². The Labute approximate surface area is 200 Å². The topological polar surface area (TPSA) is 96.3 Å². The first-order chi connectivity index (χ1) is 16.3. The largest absolute Gasteiger partial charge is 0.508 e. The van der Waals surface area contributed by atoms with Crippen LogP contribution in [0.2, 0.25) is 0 Å². The second-order valence-electron chi connectivity index (χ2n) is 8.59. The summed E-state index contributed by atoms with van der Waals surface area (Å²) in [5.41, 5.74) is 0.917. The summed E-state index contributed by atoms with van der Waals surface area (Å²) in [7, 11) is 0. The molecule has 182 valence electrons. The zero-order valence-electron chi connectivity index (χ0n) is 20.0. The monoisotopic (exact) mass is 467 g/mol. The number of unbranched alkanes of at least 4 members (excludes halogenated alkanes) is 2. The van der Waals surface area contributed by atoms with Crippen molar-refractivity contribution >= 4 is 17.4 Å². The third-order valence-corrected chi connectivity index (χ3v) is 5.65. The van der Waals surface area contributed by atoms with Crippen molar-refractivity contribution in [1.82, 2.24) is 4.90 Å². The van der Waals surface area contributed by atoms with Gasteiger partial charge in [-0.2, -0.15) is 0 Å². The first-order valence-electron chi connectivity index (χ1n) is 11.8. The molecule has 0 aliphatic carbocycles. The van der Waals surface area contributed by atoms with Crippen LogP contribution in [-0.4, -0.2) is 52.7 Å². The molecule has 1 saturated heterocycles. The molecule has 1 fully saturated rings. The van der Waals surface area contributed by atoms with Crippen LogP contribution < -0.4 is 4.74 Å². The Balaban J connectivity index is 1.94. The number of aromatic hydroxyl groups is 1. The van der Waals surface area contributed by atoms with Crippen molar-refractivity contribution < 1.29 is 29.3 Å². The summed E-state index contributed by atoms with van der Waals surface area (Å²) in [6, 6.07) is 12.3. The maximum Gasteiger partial charge on any atom is 0.295 e. The van der Waals surface area contributed by atoms with Crippen molar-refractivity contribution in [3.8, 4) is 11.5 Å². The lowest BCUT2D eigenvalue weighted by atomic mass is 9.95. The van der Waals surface area contributed by atoms with Crippen LogP contribution in [0.15, 0.2) is 54.1 Å². The number of ketones is 1. The lowest BCUT2D eigenvalue weighted by Gasteiger charge is -2.25. The maximum absolute atomic E-state index is 13.0. The summed E-state index contributed by atoms with van der Waals surface area (Å²) < 4.78 is 11.3. The number of benzene rings is 2. The summed E-state index contributed by atoms with van der Waals surface area (Å²) in [5, 5.41) is 21.1. The molecule has 34 heavy (non-hydrogen) atoms. The van der Waals surface area contributed by atoms with Gasteiger partial charge in [0.05, 0.1) is 30.9 Å². The number of nitrogens with zero attached hydrogens (tertiary/aromatic N) is 1. The Hall–Kier alpha value is -3.32. The number of hydrogen-bond donors (Lipinski definition) is 2. The lowest BCUT2D eigenvalue weighted by molar-refractivity contribution is -0.140. The number of phenolic OH excluding ortho intramolecular Hbond substituents is 1. The Bertz CT molecular complexity index is 1030. The summed E-state index contributed by atoms with van der Waals surface area (Å²) in [4.78, 5) is 27.3. The number of likely N-dealkylation sites (tertiary alicyclic amines) is 1. The Morgan fingerprint density at radius 2 is 1.79 bits per heavy atom. The zero-order valence-corrected chi connectivity index (χ0v) is 20.0. The van der Waals surface area contributed by atoms with E-state index in [1.54, 1.807) is 36.4 Å². The number of carbonyl (C=O) groups excluding carboxylic acids is 2. The van der Waals surface area contributed by atoms with E-state index in [1.165, 1.54) is 17.0 Å². The van der Waals surface area contributed by atoms with Crippen LogP contribution in [0.5, 0.6) is 11.5 Å². The first kappa shape index (κ1) is 25.3. The summed E-state index contributed by atoms with van der Waals surface area (Å²) in [6.07, 6.45) is 3.14. The highest BCUT2D eigenvalue weighted by atomic mass is 16.5. The molecular weight excluding hydrogens is 434 g/mol. The van der Waals surface area contributed by atoms with Crippen molar-refractivity contribution in [1.29, 1.82) is 0 Å². The van der Waals surface area contributed by atoms with Crippen LogP contribution in [0.1, 0.15) is 57.2 Å². The fourth-order valence-electron chi connectivity index (χ4n) is 3.95. The highest BCUT2D eigenvalue weighted by Gasteiger charge is 2.46. The number of carbonyl (C=O) groups is 2. The van der Waals surface area contributed by atoms with E-state index in [4.69, 9.17) is 9.47 Å². The van der Waals surface area contributed by atoms with Gasteiger partial charge in [0.1, 0.15) is 17.3 Å². The normalized spacial score (nSPS) is 17.5. The van der Waals surface area contributed by atoms with E-state index in [9.17, 15) is 19.8 Å². The van der Waals surface area contributed by atoms with Crippen LogP contribution in [-0.2, 0) is 14.3 Å². The number of aliphatic hydroxyl groups is 1.